The van der Waals surface area contributed by atoms with E-state index in [4.69, 9.17) is 4.74 Å². The minimum Gasteiger partial charge on any atom is -0.465 e. The van der Waals surface area contributed by atoms with Gasteiger partial charge in [0.1, 0.15) is 0 Å². The maximum Gasteiger partial charge on any atom is 0.340 e. The van der Waals surface area contributed by atoms with Crippen molar-refractivity contribution in [1.29, 1.82) is 0 Å². The number of esters is 1. The molecule has 0 aliphatic heterocycles. The maximum atomic E-state index is 11.9. The summed E-state index contributed by atoms with van der Waals surface area (Å²) in [6.07, 6.45) is 1.97. The van der Waals surface area contributed by atoms with Gasteiger partial charge in [0.25, 0.3) is 0 Å². The fraction of sp³-hybridized carbons (Fsp3) is 0.118. The Balaban J connectivity index is 2.26. The van der Waals surface area contributed by atoms with Gasteiger partial charge in [-0.1, -0.05) is 29.8 Å². The lowest BCUT2D eigenvalue weighted by atomic mass is 10.1. The Bertz CT molecular complexity index is 769. The number of para-hydroxylation sites is 1. The largest absolute Gasteiger partial charge is 0.465 e. The number of carbonyl (C=O) groups is 1. The second-order valence-electron chi connectivity index (χ2n) is 4.76. The average Bonchev–Trinajstić information content (AvgIpc) is 2.91. The molecule has 0 saturated carbocycles. The summed E-state index contributed by atoms with van der Waals surface area (Å²) in [4.78, 5) is 11.9. The smallest absolute Gasteiger partial charge is 0.340 e. The maximum absolute atomic E-state index is 11.9. The van der Waals surface area contributed by atoms with Crippen LogP contribution in [0.4, 0.5) is 0 Å². The third kappa shape index (κ3) is 1.97. The number of nitrogens with zero attached hydrogens (tertiary/aromatic N) is 1. The Morgan fingerprint density at radius 3 is 2.50 bits per heavy atom. The molecule has 0 atom stereocenters. The van der Waals surface area contributed by atoms with Crippen molar-refractivity contribution in [2.24, 2.45) is 0 Å². The molecule has 0 aliphatic carbocycles. The Hall–Kier alpha value is -2.55. The Morgan fingerprint density at radius 2 is 1.80 bits per heavy atom. The number of rotatable bonds is 2. The molecule has 3 heteroatoms. The first kappa shape index (κ1) is 12.5. The van der Waals surface area contributed by atoms with Crippen molar-refractivity contribution < 1.29 is 9.53 Å². The highest BCUT2D eigenvalue weighted by Crippen LogP contribution is 2.24. The number of hydrogen-bond acceptors (Lipinski definition) is 2. The van der Waals surface area contributed by atoms with E-state index in [2.05, 4.69) is 19.1 Å². The van der Waals surface area contributed by atoms with E-state index in [0.29, 0.717) is 5.56 Å². The minimum absolute atomic E-state index is 0.317. The predicted octanol–water partition coefficient (Wildman–Crippen LogP) is 3.73. The van der Waals surface area contributed by atoms with Gasteiger partial charge in [-0.05, 0) is 31.2 Å². The lowest BCUT2D eigenvalue weighted by Crippen LogP contribution is -2.04. The van der Waals surface area contributed by atoms with Crippen LogP contribution in [0, 0.1) is 6.92 Å². The van der Waals surface area contributed by atoms with Gasteiger partial charge in [-0.15, -0.1) is 0 Å². The van der Waals surface area contributed by atoms with E-state index in [1.165, 1.54) is 12.7 Å². The van der Waals surface area contributed by atoms with E-state index < -0.39 is 0 Å². The zero-order valence-corrected chi connectivity index (χ0v) is 11.5. The number of benzene rings is 2. The summed E-state index contributed by atoms with van der Waals surface area (Å²) < 4.78 is 6.89. The molecule has 1 heterocycles. The minimum atomic E-state index is -0.317. The fourth-order valence-electron chi connectivity index (χ4n) is 2.39. The average molecular weight is 265 g/mol. The molecule has 0 bridgehead atoms. The summed E-state index contributed by atoms with van der Waals surface area (Å²) in [7, 11) is 1.40. The van der Waals surface area contributed by atoms with Crippen molar-refractivity contribution in [2.75, 3.05) is 7.11 Å². The van der Waals surface area contributed by atoms with Crippen LogP contribution >= 0.6 is 0 Å². The van der Waals surface area contributed by atoms with Gasteiger partial charge in [0.15, 0.2) is 0 Å². The zero-order valence-electron chi connectivity index (χ0n) is 11.5. The topological polar surface area (TPSA) is 31.2 Å². The quantitative estimate of drug-likeness (QED) is 0.661. The number of fused-ring (bicyclic) bond motifs is 1. The van der Waals surface area contributed by atoms with Gasteiger partial charge in [0.05, 0.1) is 18.2 Å². The van der Waals surface area contributed by atoms with Crippen LogP contribution in [-0.2, 0) is 4.74 Å². The predicted molar refractivity (Wildman–Crippen MR) is 79.4 cm³/mol. The van der Waals surface area contributed by atoms with Crippen molar-refractivity contribution in [3.8, 4) is 5.69 Å². The number of hydrogen-bond donors (Lipinski definition) is 0. The highest BCUT2D eigenvalue weighted by Gasteiger charge is 2.14. The summed E-state index contributed by atoms with van der Waals surface area (Å²) in [5.41, 5.74) is 3.69. The van der Waals surface area contributed by atoms with Gasteiger partial charge < -0.3 is 9.30 Å². The highest BCUT2D eigenvalue weighted by molar-refractivity contribution is 6.03. The molecule has 100 valence electrons. The Morgan fingerprint density at radius 1 is 1.05 bits per heavy atom. The van der Waals surface area contributed by atoms with Gasteiger partial charge in [-0.25, -0.2) is 4.79 Å². The molecular weight excluding hydrogens is 250 g/mol. The molecule has 0 radical (unpaired) electrons. The fourth-order valence-corrected chi connectivity index (χ4v) is 2.39. The lowest BCUT2D eigenvalue weighted by molar-refractivity contribution is 0.0602. The first-order chi connectivity index (χ1) is 9.70. The second-order valence-corrected chi connectivity index (χ2v) is 4.76. The van der Waals surface area contributed by atoms with Crippen molar-refractivity contribution in [1.82, 2.24) is 4.57 Å². The van der Waals surface area contributed by atoms with Gasteiger partial charge >= 0.3 is 5.97 Å². The molecule has 20 heavy (non-hydrogen) atoms. The van der Waals surface area contributed by atoms with Gasteiger partial charge in [-0.3, -0.25) is 0 Å². The van der Waals surface area contributed by atoms with Crippen LogP contribution < -0.4 is 0 Å². The second kappa shape index (κ2) is 4.85. The van der Waals surface area contributed by atoms with Gasteiger partial charge in [-0.2, -0.15) is 0 Å². The normalized spacial score (nSPS) is 10.7. The van der Waals surface area contributed by atoms with Crippen molar-refractivity contribution in [3.05, 3.63) is 65.9 Å². The van der Waals surface area contributed by atoms with E-state index in [1.807, 2.05) is 41.1 Å². The molecule has 3 nitrogen and oxygen atoms in total. The SMILES string of the molecule is COC(=O)c1cccc2ccn(-c3ccc(C)cc3)c12. The van der Waals surface area contributed by atoms with Gasteiger partial charge in [0.2, 0.25) is 0 Å². The molecule has 1 aromatic heterocycles. The van der Waals surface area contributed by atoms with E-state index >= 15 is 0 Å². The van der Waals surface area contributed by atoms with Crippen LogP contribution in [0.2, 0.25) is 0 Å². The number of methoxy groups -OCH3 is 1. The molecule has 3 aromatic rings. The van der Waals surface area contributed by atoms with Crippen LogP contribution in [-0.4, -0.2) is 17.6 Å². The van der Waals surface area contributed by atoms with Crippen molar-refractivity contribution >= 4 is 16.9 Å². The summed E-state index contributed by atoms with van der Waals surface area (Å²) >= 11 is 0. The zero-order chi connectivity index (χ0) is 14.1. The molecule has 0 N–H and O–H groups in total. The van der Waals surface area contributed by atoms with Crippen LogP contribution in [0.1, 0.15) is 15.9 Å². The number of aromatic nitrogens is 1. The van der Waals surface area contributed by atoms with E-state index in [1.54, 1.807) is 6.07 Å². The van der Waals surface area contributed by atoms with Crippen molar-refractivity contribution in [3.63, 3.8) is 0 Å². The third-order valence-corrected chi connectivity index (χ3v) is 3.43. The van der Waals surface area contributed by atoms with Gasteiger partial charge in [0, 0.05) is 17.3 Å². The standard InChI is InChI=1S/C17H15NO2/c1-12-6-8-14(9-7-12)18-11-10-13-4-3-5-15(16(13)18)17(19)20-2/h3-11H,1-2H3. The molecule has 3 rings (SSSR count). The van der Waals surface area contributed by atoms with Crippen molar-refractivity contribution in [2.45, 2.75) is 6.92 Å². The van der Waals surface area contributed by atoms with Crippen LogP contribution in [0.15, 0.2) is 54.7 Å². The van der Waals surface area contributed by atoms with Crippen LogP contribution in [0.5, 0.6) is 0 Å². The van der Waals surface area contributed by atoms with E-state index in [9.17, 15) is 4.79 Å². The Kier molecular flexibility index (Phi) is 3.03. The molecular formula is C17H15NO2. The van der Waals surface area contributed by atoms with E-state index in [0.717, 1.165) is 16.6 Å². The number of aryl methyl sites for hydroxylation is 1. The number of ether oxygens (including phenoxy) is 1. The molecule has 0 fully saturated rings. The summed E-state index contributed by atoms with van der Waals surface area (Å²) in [6.45, 7) is 2.05. The molecule has 2 aromatic carbocycles. The number of carbonyl (C=O) groups excluding carboxylic acids is 1. The van der Waals surface area contributed by atoms with Crippen LogP contribution in [0.3, 0.4) is 0 Å². The highest BCUT2D eigenvalue weighted by atomic mass is 16.5. The molecule has 0 aliphatic rings. The summed E-state index contributed by atoms with van der Waals surface area (Å²) in [5, 5.41) is 1.02. The van der Waals surface area contributed by atoms with E-state index in [-0.39, 0.29) is 5.97 Å². The van der Waals surface area contributed by atoms with Crippen LogP contribution in [0.25, 0.3) is 16.6 Å². The summed E-state index contributed by atoms with van der Waals surface area (Å²) in [6, 6.07) is 15.9. The third-order valence-electron chi connectivity index (χ3n) is 3.43. The molecule has 0 unspecified atom stereocenters. The first-order valence-corrected chi connectivity index (χ1v) is 6.46. The molecule has 0 spiro atoms. The monoisotopic (exact) mass is 265 g/mol. The molecule has 0 saturated heterocycles. The lowest BCUT2D eigenvalue weighted by Gasteiger charge is -2.09. The first-order valence-electron chi connectivity index (χ1n) is 6.46. The summed E-state index contributed by atoms with van der Waals surface area (Å²) in [5.74, 6) is -0.317. The Labute approximate surface area is 117 Å². The molecule has 0 amide bonds.